The van der Waals surface area contributed by atoms with Gasteiger partial charge in [-0.1, -0.05) is 0 Å². The van der Waals surface area contributed by atoms with Gasteiger partial charge in [0.15, 0.2) is 0 Å². The van der Waals surface area contributed by atoms with E-state index in [2.05, 4.69) is 27.1 Å². The fraction of sp³-hybridized carbons (Fsp3) is 0.593. The smallest absolute Gasteiger partial charge is 0.259 e. The fourth-order valence-electron chi connectivity index (χ4n) is 5.24. The molecule has 2 aliphatic rings. The summed E-state index contributed by atoms with van der Waals surface area (Å²) in [7, 11) is 3.38. The Balaban J connectivity index is 1.65. The molecule has 3 heterocycles. The third-order valence-corrected chi connectivity index (χ3v) is 7.30. The molecule has 2 aromatic rings. The van der Waals surface area contributed by atoms with Crippen LogP contribution in [0.25, 0.3) is 10.9 Å². The SMILES string of the molecule is C/N=C\c1c(NC2CCOCC2)c2cc(C(=O)N3CCN(CCCOC)[C@@H](C)C3)c(C)cc2[nH]c1=O. The maximum absolute atomic E-state index is 13.7. The predicted octanol–water partition coefficient (Wildman–Crippen LogP) is 2.66. The first-order chi connectivity index (χ1) is 17.4. The van der Waals surface area contributed by atoms with Gasteiger partial charge in [-0.05, 0) is 50.8 Å². The summed E-state index contributed by atoms with van der Waals surface area (Å²) in [5.41, 5.74) is 3.26. The number of nitrogens with zero attached hydrogens (tertiary/aromatic N) is 3. The first-order valence-corrected chi connectivity index (χ1v) is 12.9. The van der Waals surface area contributed by atoms with E-state index in [1.807, 2.05) is 24.0 Å². The number of methoxy groups -OCH3 is 1. The van der Waals surface area contributed by atoms with Crippen molar-refractivity contribution in [3.05, 3.63) is 39.2 Å². The van der Waals surface area contributed by atoms with Crippen LogP contribution in [0.1, 0.15) is 47.7 Å². The van der Waals surface area contributed by atoms with Gasteiger partial charge in [-0.15, -0.1) is 0 Å². The van der Waals surface area contributed by atoms with Crippen LogP contribution in [0.15, 0.2) is 21.9 Å². The minimum Gasteiger partial charge on any atom is -0.385 e. The number of carbonyl (C=O) groups is 1. The number of aryl methyl sites for hydroxylation is 1. The van der Waals surface area contributed by atoms with Gasteiger partial charge >= 0.3 is 0 Å². The number of aliphatic imine (C=N–C) groups is 1. The Hall–Kier alpha value is -2.75. The van der Waals surface area contributed by atoms with E-state index in [-0.39, 0.29) is 23.6 Å². The zero-order valence-electron chi connectivity index (χ0n) is 21.9. The Bertz CT molecular complexity index is 1160. The van der Waals surface area contributed by atoms with E-state index in [9.17, 15) is 9.59 Å². The van der Waals surface area contributed by atoms with E-state index in [1.165, 1.54) is 0 Å². The summed E-state index contributed by atoms with van der Waals surface area (Å²) in [6.45, 7) is 9.45. The predicted molar refractivity (Wildman–Crippen MR) is 144 cm³/mol. The highest BCUT2D eigenvalue weighted by atomic mass is 16.5. The van der Waals surface area contributed by atoms with Gasteiger partial charge in [0, 0.05) is 89.4 Å². The summed E-state index contributed by atoms with van der Waals surface area (Å²) >= 11 is 0. The number of anilines is 1. The second-order valence-corrected chi connectivity index (χ2v) is 9.86. The number of pyridine rings is 1. The number of hydrogen-bond acceptors (Lipinski definition) is 7. The van der Waals surface area contributed by atoms with Gasteiger partial charge < -0.3 is 24.7 Å². The van der Waals surface area contributed by atoms with Crippen LogP contribution in [0.5, 0.6) is 0 Å². The highest BCUT2D eigenvalue weighted by molar-refractivity contribution is 6.06. The molecule has 0 saturated carbocycles. The molecule has 196 valence electrons. The van der Waals surface area contributed by atoms with Crippen molar-refractivity contribution in [1.82, 2.24) is 14.8 Å². The molecule has 0 radical (unpaired) electrons. The normalized spacial score (nSPS) is 19.9. The maximum atomic E-state index is 13.7. The molecule has 4 rings (SSSR count). The molecule has 2 aliphatic heterocycles. The van der Waals surface area contributed by atoms with E-state index in [0.717, 1.165) is 55.6 Å². The first-order valence-electron chi connectivity index (χ1n) is 12.9. The van der Waals surface area contributed by atoms with Gasteiger partial charge in [0.05, 0.1) is 16.8 Å². The summed E-state index contributed by atoms with van der Waals surface area (Å²) in [5, 5.41) is 4.42. The average Bonchev–Trinajstić information content (AvgIpc) is 2.87. The maximum Gasteiger partial charge on any atom is 0.259 e. The number of aromatic amines is 1. The van der Waals surface area contributed by atoms with E-state index in [1.54, 1.807) is 20.4 Å². The van der Waals surface area contributed by atoms with Gasteiger partial charge in [-0.3, -0.25) is 19.5 Å². The number of rotatable bonds is 8. The van der Waals surface area contributed by atoms with Crippen LogP contribution in [0.4, 0.5) is 5.69 Å². The van der Waals surface area contributed by atoms with Crippen molar-refractivity contribution in [2.45, 2.75) is 45.2 Å². The topological polar surface area (TPSA) is 99.3 Å². The minimum absolute atomic E-state index is 0.0340. The first kappa shape index (κ1) is 26.3. The number of H-pyrrole nitrogens is 1. The number of piperazine rings is 1. The lowest BCUT2D eigenvalue weighted by Gasteiger charge is -2.40. The zero-order chi connectivity index (χ0) is 25.7. The molecule has 36 heavy (non-hydrogen) atoms. The van der Waals surface area contributed by atoms with E-state index >= 15 is 0 Å². The molecule has 0 spiro atoms. The number of amides is 1. The highest BCUT2D eigenvalue weighted by Gasteiger charge is 2.28. The van der Waals surface area contributed by atoms with Crippen LogP contribution in [0, 0.1) is 6.92 Å². The Kier molecular flexibility index (Phi) is 8.77. The minimum atomic E-state index is -0.195. The van der Waals surface area contributed by atoms with Crippen molar-refractivity contribution >= 4 is 28.7 Å². The molecule has 2 saturated heterocycles. The van der Waals surface area contributed by atoms with Crippen LogP contribution in [0.3, 0.4) is 0 Å². The summed E-state index contributed by atoms with van der Waals surface area (Å²) in [5.74, 6) is 0.0340. The van der Waals surface area contributed by atoms with Crippen molar-refractivity contribution in [3.63, 3.8) is 0 Å². The number of aromatic nitrogens is 1. The van der Waals surface area contributed by atoms with Crippen molar-refractivity contribution in [3.8, 4) is 0 Å². The van der Waals surface area contributed by atoms with Crippen molar-refractivity contribution in [2.75, 3.05) is 65.5 Å². The molecule has 1 aromatic carbocycles. The number of nitrogens with one attached hydrogen (secondary N) is 2. The van der Waals surface area contributed by atoms with Crippen LogP contribution >= 0.6 is 0 Å². The Morgan fingerprint density at radius 3 is 2.78 bits per heavy atom. The molecule has 0 unspecified atom stereocenters. The molecule has 9 nitrogen and oxygen atoms in total. The van der Waals surface area contributed by atoms with Gasteiger partial charge in [0.2, 0.25) is 0 Å². The fourth-order valence-corrected chi connectivity index (χ4v) is 5.24. The van der Waals surface area contributed by atoms with Crippen LogP contribution in [0.2, 0.25) is 0 Å². The summed E-state index contributed by atoms with van der Waals surface area (Å²) in [4.78, 5) is 38.1. The van der Waals surface area contributed by atoms with Gasteiger partial charge in [-0.25, -0.2) is 0 Å². The second kappa shape index (κ2) is 12.0. The second-order valence-electron chi connectivity index (χ2n) is 9.86. The molecule has 1 atom stereocenters. The summed E-state index contributed by atoms with van der Waals surface area (Å²) in [6.07, 6.45) is 4.30. The van der Waals surface area contributed by atoms with Crippen LogP contribution in [-0.4, -0.2) is 99.1 Å². The summed E-state index contributed by atoms with van der Waals surface area (Å²) in [6, 6.07) is 4.33. The van der Waals surface area contributed by atoms with E-state index in [0.29, 0.717) is 42.9 Å². The summed E-state index contributed by atoms with van der Waals surface area (Å²) < 4.78 is 10.7. The Labute approximate surface area is 212 Å². The van der Waals surface area contributed by atoms with Crippen molar-refractivity contribution < 1.29 is 14.3 Å². The average molecular weight is 498 g/mol. The molecule has 0 bridgehead atoms. The molecule has 2 N–H and O–H groups in total. The molecule has 0 aliphatic carbocycles. The lowest BCUT2D eigenvalue weighted by atomic mass is 9.99. The molecular formula is C27H39N5O4. The van der Waals surface area contributed by atoms with Gasteiger partial charge in [-0.2, -0.15) is 0 Å². The third-order valence-electron chi connectivity index (χ3n) is 7.30. The number of fused-ring (bicyclic) bond motifs is 1. The lowest BCUT2D eigenvalue weighted by Crippen LogP contribution is -2.53. The molecular weight excluding hydrogens is 458 g/mol. The Morgan fingerprint density at radius 2 is 2.08 bits per heavy atom. The van der Waals surface area contributed by atoms with Gasteiger partial charge in [0.25, 0.3) is 11.5 Å². The lowest BCUT2D eigenvalue weighted by molar-refractivity contribution is 0.0490. The van der Waals surface area contributed by atoms with Crippen LogP contribution < -0.4 is 10.9 Å². The molecule has 1 amide bonds. The molecule has 9 heteroatoms. The highest BCUT2D eigenvalue weighted by Crippen LogP contribution is 2.29. The zero-order valence-corrected chi connectivity index (χ0v) is 21.9. The standard InChI is InChI=1S/C27H39N5O4/c1-18-14-24-22(25(23(16-28-3)26(33)30-24)29-20-6-12-36-13-7-20)15-21(18)27(34)32-10-9-31(19(2)17-32)8-5-11-35-4/h14-16,19-20H,5-13,17H2,1-4H3,(H2,29,30,33)/b28-16-/t19-/m0/s1. The number of carbonyl (C=O) groups excluding carboxylic acids is 1. The number of ether oxygens (including phenoxy) is 2. The number of hydrogen-bond donors (Lipinski definition) is 2. The monoisotopic (exact) mass is 497 g/mol. The Morgan fingerprint density at radius 1 is 1.31 bits per heavy atom. The van der Waals surface area contributed by atoms with Crippen LogP contribution in [-0.2, 0) is 9.47 Å². The molecule has 2 fully saturated rings. The third kappa shape index (κ3) is 5.79. The van der Waals surface area contributed by atoms with E-state index < -0.39 is 0 Å². The van der Waals surface area contributed by atoms with Gasteiger partial charge in [0.1, 0.15) is 0 Å². The largest absolute Gasteiger partial charge is 0.385 e. The number of benzene rings is 1. The quantitative estimate of drug-likeness (QED) is 0.430. The van der Waals surface area contributed by atoms with Crippen molar-refractivity contribution in [2.24, 2.45) is 4.99 Å². The molecule has 1 aromatic heterocycles. The van der Waals surface area contributed by atoms with Crippen molar-refractivity contribution in [1.29, 1.82) is 0 Å². The van der Waals surface area contributed by atoms with E-state index in [4.69, 9.17) is 9.47 Å².